The lowest BCUT2D eigenvalue weighted by atomic mass is 9.88. The Hall–Kier alpha value is -0.820. The Bertz CT molecular complexity index is 339. The van der Waals surface area contributed by atoms with Gasteiger partial charge in [0.15, 0.2) is 0 Å². The van der Waals surface area contributed by atoms with Gasteiger partial charge in [0.05, 0.1) is 0 Å². The Morgan fingerprint density at radius 1 is 1.12 bits per heavy atom. The fourth-order valence-electron chi connectivity index (χ4n) is 2.62. The zero-order valence-corrected chi connectivity index (χ0v) is 11.4. The third-order valence-corrected chi connectivity index (χ3v) is 3.40. The number of benzene rings is 1. The summed E-state index contributed by atoms with van der Waals surface area (Å²) in [6.45, 7) is 8.09. The minimum Gasteiger partial charge on any atom is -0.314 e. The molecule has 0 aromatic heterocycles. The molecule has 2 rings (SSSR count). The first kappa shape index (κ1) is 12.6. The Balaban J connectivity index is 1.93. The van der Waals surface area contributed by atoms with Crippen LogP contribution < -0.4 is 5.32 Å². The first-order valence-corrected chi connectivity index (χ1v) is 6.84. The van der Waals surface area contributed by atoms with Crippen molar-refractivity contribution in [3.63, 3.8) is 0 Å². The van der Waals surface area contributed by atoms with Crippen LogP contribution in [0.2, 0.25) is 0 Å². The monoisotopic (exact) mass is 231 g/mol. The summed E-state index contributed by atoms with van der Waals surface area (Å²) in [6.07, 6.45) is 5.03. The van der Waals surface area contributed by atoms with Gasteiger partial charge < -0.3 is 5.32 Å². The van der Waals surface area contributed by atoms with E-state index in [-0.39, 0.29) is 0 Å². The highest BCUT2D eigenvalue weighted by Gasteiger charge is 2.15. The lowest BCUT2D eigenvalue weighted by Gasteiger charge is -2.18. The molecule has 1 N–H and O–H groups in total. The SMILES string of the molecule is CC(C)(C)Cc1ccc(CC2CCCN2)cc1. The van der Waals surface area contributed by atoms with Crippen molar-refractivity contribution in [3.8, 4) is 0 Å². The van der Waals surface area contributed by atoms with Gasteiger partial charge in [-0.15, -0.1) is 0 Å². The average Bonchev–Trinajstić information content (AvgIpc) is 2.71. The van der Waals surface area contributed by atoms with E-state index in [4.69, 9.17) is 0 Å². The second kappa shape index (κ2) is 5.22. The summed E-state index contributed by atoms with van der Waals surface area (Å²) >= 11 is 0. The van der Waals surface area contributed by atoms with Crippen molar-refractivity contribution in [1.82, 2.24) is 5.32 Å². The third-order valence-electron chi connectivity index (χ3n) is 3.40. The molecule has 0 aliphatic carbocycles. The summed E-state index contributed by atoms with van der Waals surface area (Å²) in [7, 11) is 0. The van der Waals surface area contributed by atoms with Gasteiger partial charge in [-0.1, -0.05) is 45.0 Å². The molecule has 0 radical (unpaired) electrons. The van der Waals surface area contributed by atoms with Crippen LogP contribution in [0.1, 0.15) is 44.7 Å². The first-order chi connectivity index (χ1) is 8.03. The van der Waals surface area contributed by atoms with Crippen molar-refractivity contribution >= 4 is 0 Å². The molecular formula is C16H25N. The molecule has 17 heavy (non-hydrogen) atoms. The van der Waals surface area contributed by atoms with E-state index in [0.717, 1.165) is 6.42 Å². The molecule has 1 saturated heterocycles. The summed E-state index contributed by atoms with van der Waals surface area (Å²) < 4.78 is 0. The smallest absolute Gasteiger partial charge is 0.0108 e. The van der Waals surface area contributed by atoms with E-state index < -0.39 is 0 Å². The second-order valence-corrected chi connectivity index (χ2v) is 6.55. The predicted molar refractivity (Wildman–Crippen MR) is 74.3 cm³/mol. The van der Waals surface area contributed by atoms with Crippen molar-refractivity contribution in [3.05, 3.63) is 35.4 Å². The van der Waals surface area contributed by atoms with E-state index in [1.807, 2.05) is 0 Å². The van der Waals surface area contributed by atoms with Crippen molar-refractivity contribution in [2.45, 2.75) is 52.5 Å². The van der Waals surface area contributed by atoms with Gasteiger partial charge in [0.25, 0.3) is 0 Å². The maximum Gasteiger partial charge on any atom is 0.0108 e. The molecule has 94 valence electrons. The Morgan fingerprint density at radius 3 is 2.29 bits per heavy atom. The van der Waals surface area contributed by atoms with E-state index in [2.05, 4.69) is 50.4 Å². The molecule has 1 atom stereocenters. The highest BCUT2D eigenvalue weighted by Crippen LogP contribution is 2.21. The van der Waals surface area contributed by atoms with Crippen LogP contribution >= 0.6 is 0 Å². The van der Waals surface area contributed by atoms with Crippen LogP contribution in [-0.2, 0) is 12.8 Å². The average molecular weight is 231 g/mol. The summed E-state index contributed by atoms with van der Waals surface area (Å²) in [6, 6.07) is 9.93. The van der Waals surface area contributed by atoms with Gasteiger partial charge in [-0.3, -0.25) is 0 Å². The quantitative estimate of drug-likeness (QED) is 0.838. The van der Waals surface area contributed by atoms with Crippen LogP contribution in [0, 0.1) is 5.41 Å². The van der Waals surface area contributed by atoms with Gasteiger partial charge in [0.2, 0.25) is 0 Å². The molecule has 0 amide bonds. The summed E-state index contributed by atoms with van der Waals surface area (Å²) in [4.78, 5) is 0. The molecule has 0 bridgehead atoms. The molecule has 1 aliphatic rings. The fourth-order valence-corrected chi connectivity index (χ4v) is 2.62. The maximum absolute atomic E-state index is 3.56. The maximum atomic E-state index is 3.56. The largest absolute Gasteiger partial charge is 0.314 e. The normalized spacial score (nSPS) is 20.8. The number of nitrogens with one attached hydrogen (secondary N) is 1. The molecule has 0 saturated carbocycles. The van der Waals surface area contributed by atoms with Crippen LogP contribution in [0.25, 0.3) is 0 Å². The summed E-state index contributed by atoms with van der Waals surface area (Å²) in [5.74, 6) is 0. The van der Waals surface area contributed by atoms with Gasteiger partial charge in [-0.05, 0) is 48.8 Å². The number of rotatable bonds is 3. The van der Waals surface area contributed by atoms with E-state index in [9.17, 15) is 0 Å². The van der Waals surface area contributed by atoms with Gasteiger partial charge in [-0.2, -0.15) is 0 Å². The van der Waals surface area contributed by atoms with E-state index in [1.54, 1.807) is 0 Å². The van der Waals surface area contributed by atoms with Crippen molar-refractivity contribution < 1.29 is 0 Å². The lowest BCUT2D eigenvalue weighted by Crippen LogP contribution is -2.23. The zero-order valence-electron chi connectivity index (χ0n) is 11.4. The Labute approximate surface area is 106 Å². The predicted octanol–water partition coefficient (Wildman–Crippen LogP) is 3.57. The van der Waals surface area contributed by atoms with Crippen LogP contribution in [0.5, 0.6) is 0 Å². The highest BCUT2D eigenvalue weighted by atomic mass is 14.9. The zero-order chi connectivity index (χ0) is 12.3. The standard InChI is InChI=1S/C16H25N/c1-16(2,3)12-14-8-6-13(7-9-14)11-15-5-4-10-17-15/h6-9,15,17H,4-5,10-12H2,1-3H3. The molecule has 1 aliphatic heterocycles. The summed E-state index contributed by atoms with van der Waals surface area (Å²) in [5.41, 5.74) is 3.32. The van der Waals surface area contributed by atoms with Gasteiger partial charge in [0, 0.05) is 6.04 Å². The van der Waals surface area contributed by atoms with Gasteiger partial charge in [0.1, 0.15) is 0 Å². The minimum atomic E-state index is 0.383. The Kier molecular flexibility index (Phi) is 3.88. The molecule has 1 aromatic carbocycles. The first-order valence-electron chi connectivity index (χ1n) is 6.84. The van der Waals surface area contributed by atoms with E-state index in [0.29, 0.717) is 11.5 Å². The van der Waals surface area contributed by atoms with Gasteiger partial charge in [-0.25, -0.2) is 0 Å². The van der Waals surface area contributed by atoms with Crippen LogP contribution in [-0.4, -0.2) is 12.6 Å². The number of hydrogen-bond donors (Lipinski definition) is 1. The molecule has 1 aromatic rings. The molecule has 1 heteroatoms. The molecular weight excluding hydrogens is 206 g/mol. The van der Waals surface area contributed by atoms with Crippen molar-refractivity contribution in [2.24, 2.45) is 5.41 Å². The molecule has 1 fully saturated rings. The topological polar surface area (TPSA) is 12.0 Å². The van der Waals surface area contributed by atoms with E-state index in [1.165, 1.54) is 36.9 Å². The summed E-state index contributed by atoms with van der Waals surface area (Å²) in [5, 5.41) is 3.56. The Morgan fingerprint density at radius 2 is 1.76 bits per heavy atom. The molecule has 1 heterocycles. The second-order valence-electron chi connectivity index (χ2n) is 6.55. The fraction of sp³-hybridized carbons (Fsp3) is 0.625. The lowest BCUT2D eigenvalue weighted by molar-refractivity contribution is 0.411. The van der Waals surface area contributed by atoms with Crippen LogP contribution in [0.3, 0.4) is 0 Å². The molecule has 1 unspecified atom stereocenters. The van der Waals surface area contributed by atoms with Crippen LogP contribution in [0.4, 0.5) is 0 Å². The van der Waals surface area contributed by atoms with E-state index >= 15 is 0 Å². The third kappa shape index (κ3) is 4.16. The molecule has 0 spiro atoms. The van der Waals surface area contributed by atoms with Crippen molar-refractivity contribution in [1.29, 1.82) is 0 Å². The highest BCUT2D eigenvalue weighted by molar-refractivity contribution is 5.24. The molecule has 1 nitrogen and oxygen atoms in total. The van der Waals surface area contributed by atoms with Crippen molar-refractivity contribution in [2.75, 3.05) is 6.54 Å². The van der Waals surface area contributed by atoms with Gasteiger partial charge >= 0.3 is 0 Å². The minimum absolute atomic E-state index is 0.383. The number of hydrogen-bond acceptors (Lipinski definition) is 1. The van der Waals surface area contributed by atoms with Crippen LogP contribution in [0.15, 0.2) is 24.3 Å².